The number of rotatable bonds is 5. The summed E-state index contributed by atoms with van der Waals surface area (Å²) in [6.45, 7) is 0. The van der Waals surface area contributed by atoms with Gasteiger partial charge in [-0.25, -0.2) is 24.6 Å². The van der Waals surface area contributed by atoms with E-state index < -0.39 is 17.8 Å². The van der Waals surface area contributed by atoms with Crippen molar-refractivity contribution in [1.29, 1.82) is 0 Å². The molecule has 0 atom stereocenters. The summed E-state index contributed by atoms with van der Waals surface area (Å²) in [5.41, 5.74) is 2.45. The number of phenols is 1. The number of aromatic hydroxyl groups is 1. The second-order valence-corrected chi connectivity index (χ2v) is 7.96. The van der Waals surface area contributed by atoms with E-state index in [1.54, 1.807) is 30.3 Å². The molecule has 1 aliphatic heterocycles. The van der Waals surface area contributed by atoms with Gasteiger partial charge in [0.15, 0.2) is 17.3 Å². The topological polar surface area (TPSA) is 152 Å². The summed E-state index contributed by atoms with van der Waals surface area (Å²) in [5.74, 6) is -3.85. The van der Waals surface area contributed by atoms with Crippen LogP contribution in [-0.2, 0) is 4.79 Å². The van der Waals surface area contributed by atoms with E-state index in [4.69, 9.17) is 23.2 Å². The Labute approximate surface area is 207 Å². The zero-order valence-corrected chi connectivity index (χ0v) is 18.9. The van der Waals surface area contributed by atoms with Crippen molar-refractivity contribution in [2.24, 2.45) is 9.98 Å². The number of hydrazine groups is 1. The van der Waals surface area contributed by atoms with Crippen molar-refractivity contribution in [3.8, 4) is 5.75 Å². The number of nitrogens with one attached hydrogen (secondary N) is 1. The number of amidine groups is 1. The Balaban J connectivity index is 1.86. The number of anilines is 1. The lowest BCUT2D eigenvalue weighted by atomic mass is 10.1. The molecule has 0 unspecified atom stereocenters. The molecule has 1 fully saturated rings. The number of phenolic OH excluding ortho intramolecular Hbond substituents is 1. The van der Waals surface area contributed by atoms with Crippen molar-refractivity contribution in [2.75, 3.05) is 5.01 Å². The number of hydrogen-bond donors (Lipinski definition) is 4. The highest BCUT2D eigenvalue weighted by Crippen LogP contribution is 2.36. The molecule has 4 N–H and O–H groups in total. The Morgan fingerprint density at radius 2 is 1.40 bits per heavy atom. The summed E-state index contributed by atoms with van der Waals surface area (Å²) in [7, 11) is 0. The average molecular weight is 513 g/mol. The highest BCUT2D eigenvalue weighted by Gasteiger charge is 2.36. The maximum Gasteiger partial charge on any atom is 0.335 e. The molecule has 1 heterocycles. The molecule has 35 heavy (non-hydrogen) atoms. The number of nitrogens with zero attached hydrogens (tertiary/aromatic N) is 3. The minimum Gasteiger partial charge on any atom is -0.505 e. The molecule has 1 aliphatic rings. The third kappa shape index (κ3) is 4.93. The van der Waals surface area contributed by atoms with Gasteiger partial charge in [-0.05, 0) is 42.5 Å². The normalized spacial score (nSPS) is 15.5. The van der Waals surface area contributed by atoms with Gasteiger partial charge in [0.05, 0.1) is 38.2 Å². The lowest BCUT2D eigenvalue weighted by Crippen LogP contribution is -2.36. The van der Waals surface area contributed by atoms with E-state index in [9.17, 15) is 29.7 Å². The summed E-state index contributed by atoms with van der Waals surface area (Å²) >= 11 is 11.9. The number of carbonyl (C=O) groups is 3. The molecule has 3 aromatic carbocycles. The van der Waals surface area contributed by atoms with E-state index in [1.807, 2.05) is 0 Å². The van der Waals surface area contributed by atoms with Gasteiger partial charge in [0, 0.05) is 0 Å². The molecule has 0 aliphatic carbocycles. The predicted molar refractivity (Wildman–Crippen MR) is 130 cm³/mol. The second-order valence-electron chi connectivity index (χ2n) is 7.15. The van der Waals surface area contributed by atoms with E-state index in [1.165, 1.54) is 12.1 Å². The van der Waals surface area contributed by atoms with Crippen molar-refractivity contribution >= 4 is 69.7 Å². The number of hydrogen-bond acceptors (Lipinski definition) is 6. The Bertz CT molecular complexity index is 1380. The van der Waals surface area contributed by atoms with Gasteiger partial charge in [0.1, 0.15) is 0 Å². The van der Waals surface area contributed by atoms with Crippen LogP contribution in [-0.4, -0.2) is 44.7 Å². The lowest BCUT2D eigenvalue weighted by molar-refractivity contribution is -0.112. The largest absolute Gasteiger partial charge is 0.505 e. The number of amides is 1. The summed E-state index contributed by atoms with van der Waals surface area (Å²) in [4.78, 5) is 45.1. The Kier molecular flexibility index (Phi) is 6.41. The van der Waals surface area contributed by atoms with Crippen LogP contribution in [0.4, 0.5) is 17.1 Å². The fourth-order valence-corrected chi connectivity index (χ4v) is 3.62. The molecule has 0 spiro atoms. The van der Waals surface area contributed by atoms with E-state index in [0.29, 0.717) is 5.69 Å². The molecule has 0 bridgehead atoms. The van der Waals surface area contributed by atoms with E-state index in [-0.39, 0.29) is 49.8 Å². The maximum atomic E-state index is 13.4. The van der Waals surface area contributed by atoms with Crippen LogP contribution in [0.25, 0.3) is 0 Å². The number of halogens is 2. The van der Waals surface area contributed by atoms with Crippen molar-refractivity contribution in [3.63, 3.8) is 0 Å². The molecular formula is C23H14Cl2N4O6. The first-order valence-corrected chi connectivity index (χ1v) is 10.5. The molecule has 12 heteroatoms. The Morgan fingerprint density at radius 1 is 0.829 bits per heavy atom. The second kappa shape index (κ2) is 9.45. The minimum absolute atomic E-state index is 0.000812. The van der Waals surface area contributed by atoms with Gasteiger partial charge >= 0.3 is 11.9 Å². The van der Waals surface area contributed by atoms with Gasteiger partial charge < -0.3 is 15.3 Å². The van der Waals surface area contributed by atoms with Crippen molar-refractivity contribution in [3.05, 3.63) is 81.8 Å². The average Bonchev–Trinajstić information content (AvgIpc) is 3.12. The van der Waals surface area contributed by atoms with E-state index >= 15 is 0 Å². The van der Waals surface area contributed by atoms with Crippen LogP contribution in [0.1, 0.15) is 20.7 Å². The van der Waals surface area contributed by atoms with Crippen molar-refractivity contribution in [1.82, 2.24) is 5.43 Å². The molecule has 0 saturated carbocycles. The number of aliphatic imine (C=N–C) groups is 2. The Hall–Kier alpha value is -4.41. The molecule has 0 radical (unpaired) electrons. The first kappa shape index (κ1) is 23.7. The lowest BCUT2D eigenvalue weighted by Gasteiger charge is -2.16. The van der Waals surface area contributed by atoms with Gasteiger partial charge in [0.2, 0.25) is 0 Å². The van der Waals surface area contributed by atoms with Gasteiger partial charge in [-0.3, -0.25) is 10.2 Å². The standard InChI is InChI=1S/C23H14Cl2N4O6/c24-16-9-14(10-17(25)19(16)30)26-18-20(27-13-4-2-1-3-5-13)28-29(21(18)31)15-7-11(22(32)33)6-12(8-15)23(34)35/h1-10,30H,(H,27,28)(H,32,33)(H,34,35). The van der Waals surface area contributed by atoms with Crippen LogP contribution in [0.15, 0.2) is 70.6 Å². The summed E-state index contributed by atoms with van der Waals surface area (Å²) < 4.78 is 0. The molecule has 4 rings (SSSR count). The van der Waals surface area contributed by atoms with Crippen molar-refractivity contribution < 1.29 is 29.7 Å². The number of carbonyl (C=O) groups excluding carboxylic acids is 1. The molecule has 1 amide bonds. The third-order valence-electron chi connectivity index (χ3n) is 4.76. The van der Waals surface area contributed by atoms with Crippen LogP contribution >= 0.6 is 23.2 Å². The van der Waals surface area contributed by atoms with Crippen LogP contribution < -0.4 is 10.4 Å². The van der Waals surface area contributed by atoms with Gasteiger partial charge in [-0.2, -0.15) is 0 Å². The fraction of sp³-hybridized carbons (Fsp3) is 0. The molecule has 1 saturated heterocycles. The first-order chi connectivity index (χ1) is 16.6. The van der Waals surface area contributed by atoms with Crippen LogP contribution in [0.2, 0.25) is 10.0 Å². The highest BCUT2D eigenvalue weighted by atomic mass is 35.5. The number of carboxylic acids is 2. The van der Waals surface area contributed by atoms with Gasteiger partial charge in [-0.15, -0.1) is 0 Å². The zero-order valence-electron chi connectivity index (χ0n) is 17.4. The molecule has 176 valence electrons. The quantitative estimate of drug-likeness (QED) is 0.393. The van der Waals surface area contributed by atoms with Crippen molar-refractivity contribution in [2.45, 2.75) is 0 Å². The zero-order chi connectivity index (χ0) is 25.3. The molecule has 10 nitrogen and oxygen atoms in total. The first-order valence-electron chi connectivity index (χ1n) is 9.77. The van der Waals surface area contributed by atoms with E-state index in [0.717, 1.165) is 23.2 Å². The van der Waals surface area contributed by atoms with Gasteiger partial charge in [-0.1, -0.05) is 41.4 Å². The number of aromatic carboxylic acids is 2. The fourth-order valence-electron chi connectivity index (χ4n) is 3.14. The summed E-state index contributed by atoms with van der Waals surface area (Å²) in [6, 6.07) is 14.4. The maximum absolute atomic E-state index is 13.4. The monoisotopic (exact) mass is 512 g/mol. The van der Waals surface area contributed by atoms with Crippen LogP contribution in [0, 0.1) is 0 Å². The summed E-state index contributed by atoms with van der Waals surface area (Å²) in [6.07, 6.45) is 0. The number of carboxylic acid groups (broad SMARTS) is 2. The van der Waals surface area contributed by atoms with Gasteiger partial charge in [0.25, 0.3) is 5.91 Å². The highest BCUT2D eigenvalue weighted by molar-refractivity contribution is 6.72. The van der Waals surface area contributed by atoms with E-state index in [2.05, 4.69) is 15.4 Å². The van der Waals surface area contributed by atoms with Crippen LogP contribution in [0.3, 0.4) is 0 Å². The third-order valence-corrected chi connectivity index (χ3v) is 5.33. The van der Waals surface area contributed by atoms with Crippen LogP contribution in [0.5, 0.6) is 5.75 Å². The number of para-hydroxylation sites is 1. The summed E-state index contributed by atoms with van der Waals surface area (Å²) in [5, 5.41) is 29.3. The molecule has 0 aromatic heterocycles. The minimum atomic E-state index is -1.37. The number of benzene rings is 3. The SMILES string of the molecule is O=C(O)c1cc(C(=O)O)cc(N2NC(=Nc3ccccc3)C(=Nc3cc(Cl)c(O)c(Cl)c3)C2=O)c1. The predicted octanol–water partition coefficient (Wildman–Crippen LogP) is 4.45. The Morgan fingerprint density at radius 3 is 1.94 bits per heavy atom. The molecular weight excluding hydrogens is 499 g/mol. The molecule has 3 aromatic rings. The smallest absolute Gasteiger partial charge is 0.335 e.